The molecule has 0 atom stereocenters. The van der Waals surface area contributed by atoms with E-state index in [1.165, 1.54) is 12.1 Å². The third-order valence-electron chi connectivity index (χ3n) is 4.36. The summed E-state index contributed by atoms with van der Waals surface area (Å²) in [5, 5.41) is 14.3. The lowest BCUT2D eigenvalue weighted by molar-refractivity contribution is -0.383. The molecule has 9 heteroatoms. The standard InChI is InChI=1S/C22H21N3O6/c1-3-30-21(26)15-9-7-8-14(12-15)18-13-16(22(27)31-4-2)20(24-18)23-17-10-5-6-11-19(17)25(28)29/h5-13,23-24H,3-4H2,1-2H3. The summed E-state index contributed by atoms with van der Waals surface area (Å²) in [4.78, 5) is 38.4. The van der Waals surface area contributed by atoms with E-state index in [2.05, 4.69) is 10.3 Å². The van der Waals surface area contributed by atoms with E-state index in [1.54, 1.807) is 56.3 Å². The summed E-state index contributed by atoms with van der Waals surface area (Å²) in [6.45, 7) is 3.83. The topological polar surface area (TPSA) is 124 Å². The smallest absolute Gasteiger partial charge is 0.341 e. The fraction of sp³-hybridized carbons (Fsp3) is 0.182. The molecular formula is C22H21N3O6. The van der Waals surface area contributed by atoms with Crippen molar-refractivity contribution in [1.82, 2.24) is 4.98 Å². The third kappa shape index (κ3) is 4.89. The molecule has 0 spiro atoms. The van der Waals surface area contributed by atoms with Crippen LogP contribution in [0.1, 0.15) is 34.6 Å². The molecule has 0 radical (unpaired) electrons. The molecule has 0 unspecified atom stereocenters. The van der Waals surface area contributed by atoms with Crippen LogP contribution >= 0.6 is 0 Å². The number of esters is 2. The Balaban J connectivity index is 2.03. The molecule has 2 aromatic carbocycles. The highest BCUT2D eigenvalue weighted by Crippen LogP contribution is 2.32. The SMILES string of the molecule is CCOC(=O)c1cccc(-c2cc(C(=O)OCC)c(Nc3ccccc3[N+](=O)[O-])[nH]2)c1. The number of aromatic nitrogens is 1. The van der Waals surface area contributed by atoms with Crippen LogP contribution in [0, 0.1) is 10.1 Å². The van der Waals surface area contributed by atoms with Crippen molar-refractivity contribution in [2.24, 2.45) is 0 Å². The lowest BCUT2D eigenvalue weighted by Crippen LogP contribution is -2.07. The Bertz CT molecular complexity index is 1120. The first-order chi connectivity index (χ1) is 14.9. The van der Waals surface area contributed by atoms with Crippen molar-refractivity contribution >= 4 is 29.1 Å². The molecule has 1 aromatic heterocycles. The zero-order chi connectivity index (χ0) is 22.4. The number of nitro groups is 1. The van der Waals surface area contributed by atoms with Gasteiger partial charge in [0.05, 0.1) is 23.7 Å². The van der Waals surface area contributed by atoms with Crippen molar-refractivity contribution in [2.45, 2.75) is 13.8 Å². The number of hydrogen-bond donors (Lipinski definition) is 2. The van der Waals surface area contributed by atoms with Gasteiger partial charge >= 0.3 is 11.9 Å². The number of carbonyl (C=O) groups excluding carboxylic acids is 2. The molecule has 9 nitrogen and oxygen atoms in total. The van der Waals surface area contributed by atoms with Crippen LogP contribution in [0.5, 0.6) is 0 Å². The largest absolute Gasteiger partial charge is 0.462 e. The number of hydrogen-bond acceptors (Lipinski definition) is 7. The van der Waals surface area contributed by atoms with Crippen LogP contribution in [0.3, 0.4) is 0 Å². The van der Waals surface area contributed by atoms with Crippen molar-refractivity contribution in [3.05, 3.63) is 75.8 Å². The Hall–Kier alpha value is -4.14. The second-order valence-electron chi connectivity index (χ2n) is 6.39. The number of nitrogens with zero attached hydrogens (tertiary/aromatic N) is 1. The van der Waals surface area contributed by atoms with E-state index in [0.29, 0.717) is 16.8 Å². The number of benzene rings is 2. The van der Waals surface area contributed by atoms with Crippen LogP contribution < -0.4 is 5.32 Å². The highest BCUT2D eigenvalue weighted by molar-refractivity contribution is 5.98. The minimum atomic E-state index is -0.590. The first-order valence-corrected chi connectivity index (χ1v) is 9.62. The number of carbonyl (C=O) groups is 2. The average molecular weight is 423 g/mol. The van der Waals surface area contributed by atoms with Gasteiger partial charge in [0.1, 0.15) is 17.1 Å². The van der Waals surface area contributed by atoms with E-state index >= 15 is 0 Å². The van der Waals surface area contributed by atoms with Crippen LogP contribution in [0.25, 0.3) is 11.3 Å². The first-order valence-electron chi connectivity index (χ1n) is 9.62. The maximum absolute atomic E-state index is 12.5. The first kappa shape index (κ1) is 21.6. The van der Waals surface area contributed by atoms with Crippen molar-refractivity contribution in [2.75, 3.05) is 18.5 Å². The number of H-pyrrole nitrogens is 1. The summed E-state index contributed by atoms with van der Waals surface area (Å²) in [7, 11) is 0. The van der Waals surface area contributed by atoms with Crippen LogP contribution in [0.2, 0.25) is 0 Å². The summed E-state index contributed by atoms with van der Waals surface area (Å²) in [5.41, 5.74) is 1.77. The molecule has 2 N–H and O–H groups in total. The number of para-hydroxylation sites is 2. The number of nitro benzene ring substituents is 1. The van der Waals surface area contributed by atoms with Gasteiger partial charge in [0.2, 0.25) is 0 Å². The molecule has 0 aliphatic heterocycles. The van der Waals surface area contributed by atoms with E-state index in [4.69, 9.17) is 9.47 Å². The molecule has 160 valence electrons. The fourth-order valence-electron chi connectivity index (χ4n) is 2.98. The number of anilines is 2. The second-order valence-corrected chi connectivity index (χ2v) is 6.39. The van der Waals surface area contributed by atoms with Gasteiger partial charge in [-0.1, -0.05) is 24.3 Å². The maximum Gasteiger partial charge on any atom is 0.341 e. The predicted octanol–water partition coefficient (Wildman–Crippen LogP) is 4.69. The van der Waals surface area contributed by atoms with Gasteiger partial charge < -0.3 is 19.8 Å². The van der Waals surface area contributed by atoms with E-state index in [0.717, 1.165) is 0 Å². The highest BCUT2D eigenvalue weighted by atomic mass is 16.6. The van der Waals surface area contributed by atoms with Gasteiger partial charge in [-0.05, 0) is 43.7 Å². The van der Waals surface area contributed by atoms with Crippen LogP contribution in [0.4, 0.5) is 17.2 Å². The monoisotopic (exact) mass is 423 g/mol. The van der Waals surface area contributed by atoms with Gasteiger partial charge in [-0.15, -0.1) is 0 Å². The zero-order valence-corrected chi connectivity index (χ0v) is 17.0. The van der Waals surface area contributed by atoms with Crippen molar-refractivity contribution < 1.29 is 24.0 Å². The molecule has 0 saturated carbocycles. The average Bonchev–Trinajstić information content (AvgIpc) is 3.18. The lowest BCUT2D eigenvalue weighted by Gasteiger charge is -2.08. The number of ether oxygens (including phenoxy) is 2. The van der Waals surface area contributed by atoms with Crippen LogP contribution in [-0.4, -0.2) is 35.1 Å². The second kappa shape index (κ2) is 9.57. The van der Waals surface area contributed by atoms with E-state index in [1.807, 2.05) is 0 Å². The molecule has 31 heavy (non-hydrogen) atoms. The van der Waals surface area contributed by atoms with Gasteiger partial charge in [-0.25, -0.2) is 9.59 Å². The van der Waals surface area contributed by atoms with Gasteiger partial charge in [0.25, 0.3) is 5.69 Å². The zero-order valence-electron chi connectivity index (χ0n) is 17.0. The molecular weight excluding hydrogens is 402 g/mol. The molecule has 0 aliphatic rings. The molecule has 3 aromatic rings. The van der Waals surface area contributed by atoms with Crippen molar-refractivity contribution in [1.29, 1.82) is 0 Å². The summed E-state index contributed by atoms with van der Waals surface area (Å²) in [6.07, 6.45) is 0. The third-order valence-corrected chi connectivity index (χ3v) is 4.36. The lowest BCUT2D eigenvalue weighted by atomic mass is 10.1. The summed E-state index contributed by atoms with van der Waals surface area (Å²) >= 11 is 0. The Morgan fingerprint density at radius 1 is 1.00 bits per heavy atom. The van der Waals surface area contributed by atoms with Gasteiger partial charge in [0, 0.05) is 11.8 Å². The number of nitrogens with one attached hydrogen (secondary N) is 2. The van der Waals surface area contributed by atoms with Gasteiger partial charge in [-0.3, -0.25) is 10.1 Å². The number of rotatable bonds is 8. The molecule has 1 heterocycles. The van der Waals surface area contributed by atoms with Crippen molar-refractivity contribution in [3.63, 3.8) is 0 Å². The summed E-state index contributed by atoms with van der Waals surface area (Å²) in [6, 6.07) is 14.4. The maximum atomic E-state index is 12.5. The fourth-order valence-corrected chi connectivity index (χ4v) is 2.98. The number of aromatic amines is 1. The highest BCUT2D eigenvalue weighted by Gasteiger charge is 2.21. The quantitative estimate of drug-likeness (QED) is 0.306. The van der Waals surface area contributed by atoms with Crippen molar-refractivity contribution in [3.8, 4) is 11.3 Å². The molecule has 0 fully saturated rings. The van der Waals surface area contributed by atoms with E-state index in [9.17, 15) is 19.7 Å². The van der Waals surface area contributed by atoms with Crippen LogP contribution in [-0.2, 0) is 9.47 Å². The summed E-state index contributed by atoms with van der Waals surface area (Å²) in [5.74, 6) is -0.809. The van der Waals surface area contributed by atoms with Gasteiger partial charge in [-0.2, -0.15) is 0 Å². The Morgan fingerprint density at radius 3 is 2.42 bits per heavy atom. The predicted molar refractivity (Wildman–Crippen MR) is 115 cm³/mol. The molecule has 0 aliphatic carbocycles. The summed E-state index contributed by atoms with van der Waals surface area (Å²) < 4.78 is 10.2. The Labute approximate surface area is 178 Å². The minimum Gasteiger partial charge on any atom is -0.462 e. The molecule has 0 amide bonds. The minimum absolute atomic E-state index is 0.141. The van der Waals surface area contributed by atoms with Gasteiger partial charge in [0.15, 0.2) is 0 Å². The van der Waals surface area contributed by atoms with Crippen LogP contribution in [0.15, 0.2) is 54.6 Å². The molecule has 0 bridgehead atoms. The Kier molecular flexibility index (Phi) is 6.66. The van der Waals surface area contributed by atoms with E-state index in [-0.39, 0.29) is 36.0 Å². The van der Waals surface area contributed by atoms with E-state index < -0.39 is 16.9 Å². The normalized spacial score (nSPS) is 10.4. The molecule has 3 rings (SSSR count). The Morgan fingerprint density at radius 2 is 1.71 bits per heavy atom. The molecule has 0 saturated heterocycles.